The smallest absolute Gasteiger partial charge is 0.408 e. The lowest BCUT2D eigenvalue weighted by molar-refractivity contribution is -0.149. The molecule has 0 saturated carbocycles. The Bertz CT molecular complexity index is 957. The summed E-state index contributed by atoms with van der Waals surface area (Å²) >= 11 is 0. The second kappa shape index (κ2) is 13.9. The number of hydrogen-bond donors (Lipinski definition) is 2. The van der Waals surface area contributed by atoms with Crippen LogP contribution in [0.25, 0.3) is 0 Å². The normalized spacial score (nSPS) is 12.7. The highest BCUT2D eigenvalue weighted by molar-refractivity contribution is 5.88. The molecule has 0 aromatic heterocycles. The molecule has 0 spiro atoms. The lowest BCUT2D eigenvalue weighted by atomic mass is 10.1. The Balaban J connectivity index is 1.87. The number of ether oxygens (including phenoxy) is 3. The summed E-state index contributed by atoms with van der Waals surface area (Å²) in [6, 6.07) is 17.9. The number of carbonyl (C=O) groups is 3. The van der Waals surface area contributed by atoms with Crippen LogP contribution in [0, 0.1) is 0 Å². The van der Waals surface area contributed by atoms with E-state index in [0.29, 0.717) is 6.61 Å². The van der Waals surface area contributed by atoms with E-state index in [0.717, 1.165) is 11.1 Å². The van der Waals surface area contributed by atoms with Crippen molar-refractivity contribution in [1.29, 1.82) is 0 Å². The quantitative estimate of drug-likeness (QED) is 0.354. The predicted molar refractivity (Wildman–Crippen MR) is 132 cm³/mol. The van der Waals surface area contributed by atoms with Crippen LogP contribution >= 0.6 is 0 Å². The third kappa shape index (κ3) is 11.4. The monoisotopic (exact) mass is 482 g/mol. The van der Waals surface area contributed by atoms with E-state index in [9.17, 15) is 14.4 Å². The highest BCUT2D eigenvalue weighted by atomic mass is 16.6. The molecule has 0 aliphatic rings. The summed E-state index contributed by atoms with van der Waals surface area (Å²) in [5, 5.41) is 5.10. The van der Waals surface area contributed by atoms with Gasteiger partial charge in [-0.25, -0.2) is 4.79 Å². The lowest BCUT2D eigenvalue weighted by Gasteiger charge is -2.23. The van der Waals surface area contributed by atoms with Crippen molar-refractivity contribution in [1.82, 2.24) is 10.6 Å². The molecule has 0 bridgehead atoms. The van der Waals surface area contributed by atoms with E-state index in [1.165, 1.54) is 6.08 Å². The minimum atomic E-state index is -0.940. The molecule has 0 saturated heterocycles. The van der Waals surface area contributed by atoms with Gasteiger partial charge in [0.05, 0.1) is 13.2 Å². The molecule has 188 valence electrons. The predicted octanol–water partition coefficient (Wildman–Crippen LogP) is 3.55. The van der Waals surface area contributed by atoms with Gasteiger partial charge in [0.15, 0.2) is 0 Å². The van der Waals surface area contributed by atoms with E-state index >= 15 is 0 Å². The maximum absolute atomic E-state index is 12.8. The van der Waals surface area contributed by atoms with Crippen LogP contribution in [0.5, 0.6) is 0 Å². The lowest BCUT2D eigenvalue weighted by Crippen LogP contribution is -2.50. The van der Waals surface area contributed by atoms with Crippen LogP contribution in [0.2, 0.25) is 0 Å². The summed E-state index contributed by atoms with van der Waals surface area (Å²) in [6.07, 6.45) is 0.304. The molecule has 0 radical (unpaired) electrons. The summed E-state index contributed by atoms with van der Waals surface area (Å²) in [5.74, 6) is -1.19. The Morgan fingerprint density at radius 2 is 1.57 bits per heavy atom. The van der Waals surface area contributed by atoms with Gasteiger partial charge >= 0.3 is 12.1 Å². The third-order valence-corrected chi connectivity index (χ3v) is 4.64. The highest BCUT2D eigenvalue weighted by Crippen LogP contribution is 2.09. The van der Waals surface area contributed by atoms with Crippen LogP contribution < -0.4 is 10.6 Å². The number of benzene rings is 2. The van der Waals surface area contributed by atoms with Gasteiger partial charge in [-0.05, 0) is 38.0 Å². The van der Waals surface area contributed by atoms with Crippen molar-refractivity contribution in [2.24, 2.45) is 0 Å². The van der Waals surface area contributed by atoms with Gasteiger partial charge in [-0.1, -0.05) is 67.2 Å². The van der Waals surface area contributed by atoms with Crippen molar-refractivity contribution in [3.8, 4) is 0 Å². The van der Waals surface area contributed by atoms with Crippen molar-refractivity contribution in [3.63, 3.8) is 0 Å². The second-order valence-corrected chi connectivity index (χ2v) is 8.87. The van der Waals surface area contributed by atoms with E-state index in [1.807, 2.05) is 60.7 Å². The zero-order valence-electron chi connectivity index (χ0n) is 20.5. The molecule has 0 heterocycles. The first-order chi connectivity index (χ1) is 16.7. The Morgan fingerprint density at radius 1 is 0.971 bits per heavy atom. The maximum Gasteiger partial charge on any atom is 0.408 e. The number of amides is 2. The highest BCUT2D eigenvalue weighted by Gasteiger charge is 2.25. The van der Waals surface area contributed by atoms with Gasteiger partial charge in [0, 0.05) is 6.42 Å². The summed E-state index contributed by atoms with van der Waals surface area (Å²) in [6.45, 7) is 8.99. The van der Waals surface area contributed by atoms with Gasteiger partial charge in [0.2, 0.25) is 5.91 Å². The first-order valence-corrected chi connectivity index (χ1v) is 11.4. The molecule has 8 heteroatoms. The summed E-state index contributed by atoms with van der Waals surface area (Å²) in [7, 11) is 0. The Kier molecular flexibility index (Phi) is 11.0. The Morgan fingerprint density at radius 3 is 2.14 bits per heavy atom. The molecule has 2 aromatic carbocycles. The molecule has 0 fully saturated rings. The van der Waals surface area contributed by atoms with Crippen LogP contribution in [-0.4, -0.2) is 48.9 Å². The van der Waals surface area contributed by atoms with Gasteiger partial charge in [-0.15, -0.1) is 0 Å². The number of nitrogens with one attached hydrogen (secondary N) is 2. The van der Waals surface area contributed by atoms with Crippen molar-refractivity contribution in [2.45, 2.75) is 51.5 Å². The number of alkyl carbamates (subject to hydrolysis) is 1. The second-order valence-electron chi connectivity index (χ2n) is 8.87. The van der Waals surface area contributed by atoms with E-state index < -0.39 is 35.7 Å². The number of hydrogen-bond acceptors (Lipinski definition) is 6. The fraction of sp³-hybridized carbons (Fsp3) is 0.370. The molecule has 0 unspecified atom stereocenters. The summed E-state index contributed by atoms with van der Waals surface area (Å²) in [4.78, 5) is 37.4. The van der Waals surface area contributed by atoms with Crippen molar-refractivity contribution in [3.05, 3.63) is 84.4 Å². The minimum absolute atomic E-state index is 0.134. The zero-order valence-corrected chi connectivity index (χ0v) is 20.5. The Hall–Kier alpha value is -3.65. The average Bonchev–Trinajstić information content (AvgIpc) is 2.81. The fourth-order valence-corrected chi connectivity index (χ4v) is 3.02. The van der Waals surface area contributed by atoms with Gasteiger partial charge in [0.1, 0.15) is 24.3 Å². The van der Waals surface area contributed by atoms with E-state index in [2.05, 4.69) is 17.2 Å². The van der Waals surface area contributed by atoms with Crippen LogP contribution in [0.3, 0.4) is 0 Å². The van der Waals surface area contributed by atoms with Crippen molar-refractivity contribution < 1.29 is 28.6 Å². The van der Waals surface area contributed by atoms with Crippen LogP contribution in [0.15, 0.2) is 73.3 Å². The number of rotatable bonds is 12. The largest absolute Gasteiger partial charge is 0.454 e. The van der Waals surface area contributed by atoms with E-state index in [1.54, 1.807) is 20.8 Å². The van der Waals surface area contributed by atoms with Crippen molar-refractivity contribution >= 4 is 18.0 Å². The molecule has 0 aliphatic carbocycles. The van der Waals surface area contributed by atoms with E-state index in [-0.39, 0.29) is 19.6 Å². The van der Waals surface area contributed by atoms with Gasteiger partial charge < -0.3 is 24.8 Å². The standard InChI is InChI=1S/C27H34N2O6/c1-5-22(19-33-18-21-14-10-7-11-15-21)34-24(30)17-28-25(31)23(16-20-12-8-6-9-13-20)29-26(32)35-27(2,3)4/h5-15,22-23H,1,16-19H2,2-4H3,(H,28,31)(H,29,32)/t22-,23+/m1/s1. The number of esters is 1. The molecule has 2 aromatic rings. The zero-order chi connectivity index (χ0) is 25.7. The van der Waals surface area contributed by atoms with Gasteiger partial charge in [-0.2, -0.15) is 0 Å². The minimum Gasteiger partial charge on any atom is -0.454 e. The maximum atomic E-state index is 12.8. The third-order valence-electron chi connectivity index (χ3n) is 4.64. The first-order valence-electron chi connectivity index (χ1n) is 11.4. The molecule has 2 N–H and O–H groups in total. The van der Waals surface area contributed by atoms with Crippen LogP contribution in [0.1, 0.15) is 31.9 Å². The Labute approximate surface area is 206 Å². The molecule has 0 aliphatic heterocycles. The molecule has 2 rings (SSSR count). The topological polar surface area (TPSA) is 103 Å². The summed E-state index contributed by atoms with van der Waals surface area (Å²) in [5.41, 5.74) is 1.12. The van der Waals surface area contributed by atoms with E-state index in [4.69, 9.17) is 14.2 Å². The van der Waals surface area contributed by atoms with Gasteiger partial charge in [0.25, 0.3) is 0 Å². The van der Waals surface area contributed by atoms with Crippen LogP contribution in [0.4, 0.5) is 4.79 Å². The molecular formula is C27H34N2O6. The van der Waals surface area contributed by atoms with Gasteiger partial charge in [-0.3, -0.25) is 9.59 Å². The molecule has 2 amide bonds. The van der Waals surface area contributed by atoms with Crippen molar-refractivity contribution in [2.75, 3.05) is 13.2 Å². The molecule has 8 nitrogen and oxygen atoms in total. The first kappa shape index (κ1) is 27.6. The number of carbonyl (C=O) groups excluding carboxylic acids is 3. The summed E-state index contributed by atoms with van der Waals surface area (Å²) < 4.78 is 16.2. The SMILES string of the molecule is C=C[C@H](COCc1ccccc1)OC(=O)CNC(=O)[C@H](Cc1ccccc1)NC(=O)OC(C)(C)C. The molecule has 35 heavy (non-hydrogen) atoms. The fourth-order valence-electron chi connectivity index (χ4n) is 3.02. The molecular weight excluding hydrogens is 448 g/mol. The average molecular weight is 483 g/mol. The molecule has 2 atom stereocenters. The van der Waals surface area contributed by atoms with Crippen LogP contribution in [-0.2, 0) is 36.8 Å².